The summed E-state index contributed by atoms with van der Waals surface area (Å²) in [6.45, 7) is 15.3. The van der Waals surface area contributed by atoms with Gasteiger partial charge in [0, 0.05) is 63.3 Å². The number of pyridine rings is 1. The second-order valence-corrected chi connectivity index (χ2v) is 7.40. The van der Waals surface area contributed by atoms with E-state index in [1.54, 1.807) is 6.20 Å². The fourth-order valence-corrected chi connectivity index (χ4v) is 3.42. The average Bonchev–Trinajstić information content (AvgIpc) is 3.40. The van der Waals surface area contributed by atoms with E-state index < -0.39 is 0 Å². The minimum absolute atomic E-state index is 0. The van der Waals surface area contributed by atoms with Crippen LogP contribution in [0.2, 0.25) is 0 Å². The highest BCUT2D eigenvalue weighted by Crippen LogP contribution is 2.30. The van der Waals surface area contributed by atoms with Crippen molar-refractivity contribution in [3.8, 4) is 11.5 Å². The van der Waals surface area contributed by atoms with Crippen LogP contribution in [0.25, 0.3) is 5.70 Å². The first-order valence-corrected chi connectivity index (χ1v) is 12.2. The molecule has 0 unspecified atom stereocenters. The first-order chi connectivity index (χ1) is 17.1. The van der Waals surface area contributed by atoms with Crippen LogP contribution in [0.3, 0.4) is 0 Å². The summed E-state index contributed by atoms with van der Waals surface area (Å²) in [7, 11) is 0. The lowest BCUT2D eigenvalue weighted by molar-refractivity contribution is 0.478. The number of halogens is 1. The standard InChI is InChI=1S/C25H25FN4O.2C2H6.2H2/c1-17-23(18(2)29-15-19-12-20(26)16-27-14-19)8-5-9-24(17)31-22-10-11-28-25(13-22)30-21-6-3-4-7-21;2*1-2;;/h3-6,8-13,16,27,29H,2,7,14-15H2,1H3,(H,28,30);2*1-2H3;2*1H. The van der Waals surface area contributed by atoms with E-state index in [0.29, 0.717) is 18.8 Å². The molecule has 3 N–H and O–H groups in total. The number of nitrogens with zero attached hydrogens (tertiary/aromatic N) is 1. The van der Waals surface area contributed by atoms with Gasteiger partial charge in [0.2, 0.25) is 0 Å². The summed E-state index contributed by atoms with van der Waals surface area (Å²) in [5, 5.41) is 9.50. The summed E-state index contributed by atoms with van der Waals surface area (Å²) >= 11 is 0. The van der Waals surface area contributed by atoms with Gasteiger partial charge in [-0.05, 0) is 36.8 Å². The van der Waals surface area contributed by atoms with E-state index in [-0.39, 0.29) is 8.68 Å². The van der Waals surface area contributed by atoms with Crippen molar-refractivity contribution in [2.75, 3.05) is 18.4 Å². The molecule has 2 aliphatic rings. The number of rotatable bonds is 8. The van der Waals surface area contributed by atoms with Gasteiger partial charge < -0.3 is 20.7 Å². The van der Waals surface area contributed by atoms with Crippen molar-refractivity contribution in [2.45, 2.75) is 41.0 Å². The van der Waals surface area contributed by atoms with Crippen LogP contribution in [0.15, 0.2) is 90.7 Å². The monoisotopic (exact) mass is 480 g/mol. The summed E-state index contributed by atoms with van der Waals surface area (Å²) < 4.78 is 19.5. The van der Waals surface area contributed by atoms with Crippen LogP contribution in [0.5, 0.6) is 11.5 Å². The third kappa shape index (κ3) is 8.18. The lowest BCUT2D eigenvalue weighted by atomic mass is 10.0. The van der Waals surface area contributed by atoms with E-state index in [1.807, 2.05) is 77.1 Å². The molecule has 1 aliphatic heterocycles. The summed E-state index contributed by atoms with van der Waals surface area (Å²) in [5.74, 6) is 1.91. The molecule has 190 valence electrons. The maximum atomic E-state index is 13.4. The van der Waals surface area contributed by atoms with Gasteiger partial charge in [0.1, 0.15) is 23.1 Å². The molecule has 0 saturated carbocycles. The van der Waals surface area contributed by atoms with Crippen LogP contribution < -0.4 is 20.7 Å². The Hall–Kier alpha value is -3.80. The van der Waals surface area contributed by atoms with Gasteiger partial charge in [-0.15, -0.1) is 0 Å². The van der Waals surface area contributed by atoms with Crippen LogP contribution >= 0.6 is 0 Å². The molecule has 2 aromatic rings. The van der Waals surface area contributed by atoms with Gasteiger partial charge in [0.25, 0.3) is 0 Å². The van der Waals surface area contributed by atoms with Gasteiger partial charge in [0.05, 0.1) is 0 Å². The summed E-state index contributed by atoms with van der Waals surface area (Å²) in [6.07, 6.45) is 11.6. The minimum Gasteiger partial charge on any atom is -0.457 e. The number of nitrogens with one attached hydrogen (secondary N) is 3. The van der Waals surface area contributed by atoms with Gasteiger partial charge in [0.15, 0.2) is 0 Å². The molecule has 2 heterocycles. The van der Waals surface area contributed by atoms with Gasteiger partial charge in [-0.1, -0.05) is 58.6 Å². The molecule has 1 aliphatic carbocycles. The van der Waals surface area contributed by atoms with Crippen LogP contribution in [0, 0.1) is 6.92 Å². The van der Waals surface area contributed by atoms with Gasteiger partial charge in [-0.3, -0.25) is 0 Å². The fourth-order valence-electron chi connectivity index (χ4n) is 3.42. The molecule has 4 rings (SSSR count). The highest BCUT2D eigenvalue weighted by atomic mass is 19.1. The fraction of sp³-hybridized carbons (Fsp3) is 0.276. The smallest absolute Gasteiger partial charge is 0.138 e. The third-order valence-corrected chi connectivity index (χ3v) is 5.07. The number of ether oxygens (including phenoxy) is 1. The van der Waals surface area contributed by atoms with Crippen LogP contribution in [-0.4, -0.2) is 18.1 Å². The Labute approximate surface area is 212 Å². The topological polar surface area (TPSA) is 58.2 Å². The van der Waals surface area contributed by atoms with Crippen molar-refractivity contribution < 1.29 is 12.0 Å². The van der Waals surface area contributed by atoms with E-state index >= 15 is 0 Å². The summed E-state index contributed by atoms with van der Waals surface area (Å²) in [5.41, 5.74) is 4.71. The molecule has 0 bridgehead atoms. The largest absolute Gasteiger partial charge is 0.457 e. The summed E-state index contributed by atoms with van der Waals surface area (Å²) in [4.78, 5) is 4.36. The number of benzene rings is 1. The van der Waals surface area contributed by atoms with Crippen molar-refractivity contribution in [3.05, 3.63) is 102 Å². The first-order valence-electron chi connectivity index (χ1n) is 12.2. The Morgan fingerprint density at radius 1 is 1.23 bits per heavy atom. The van der Waals surface area contributed by atoms with Gasteiger partial charge >= 0.3 is 0 Å². The van der Waals surface area contributed by atoms with Gasteiger partial charge in [-0.2, -0.15) is 0 Å². The van der Waals surface area contributed by atoms with Crippen LogP contribution in [0.1, 0.15) is 48.1 Å². The van der Waals surface area contributed by atoms with E-state index in [1.165, 1.54) is 12.3 Å². The zero-order valence-electron chi connectivity index (χ0n) is 21.4. The third-order valence-electron chi connectivity index (χ3n) is 5.07. The zero-order chi connectivity index (χ0) is 25.6. The lowest BCUT2D eigenvalue weighted by Gasteiger charge is -2.18. The van der Waals surface area contributed by atoms with E-state index in [9.17, 15) is 4.39 Å². The van der Waals surface area contributed by atoms with E-state index in [4.69, 9.17) is 4.74 Å². The highest BCUT2D eigenvalue weighted by Gasteiger charge is 2.11. The molecule has 6 heteroatoms. The molecule has 1 aromatic heterocycles. The van der Waals surface area contributed by atoms with Crippen molar-refractivity contribution in [2.24, 2.45) is 0 Å². The molecular formula is C29H41FN4O. The Morgan fingerprint density at radius 2 is 2.03 bits per heavy atom. The number of anilines is 1. The molecule has 35 heavy (non-hydrogen) atoms. The Bertz CT molecular complexity index is 1130. The second kappa shape index (κ2) is 14.5. The quantitative estimate of drug-likeness (QED) is 0.359. The van der Waals surface area contributed by atoms with Crippen molar-refractivity contribution >= 4 is 11.5 Å². The number of hydrogen-bond acceptors (Lipinski definition) is 5. The molecule has 0 atom stereocenters. The molecule has 0 radical (unpaired) electrons. The predicted octanol–water partition coefficient (Wildman–Crippen LogP) is 7.88. The van der Waals surface area contributed by atoms with Gasteiger partial charge in [-0.25, -0.2) is 9.37 Å². The summed E-state index contributed by atoms with van der Waals surface area (Å²) in [6, 6.07) is 9.56. The molecule has 1 aromatic carbocycles. The predicted molar refractivity (Wildman–Crippen MR) is 150 cm³/mol. The van der Waals surface area contributed by atoms with Crippen LogP contribution in [-0.2, 0) is 0 Å². The molecule has 0 spiro atoms. The van der Waals surface area contributed by atoms with Crippen molar-refractivity contribution in [1.29, 1.82) is 0 Å². The Kier molecular flexibility index (Phi) is 11.3. The van der Waals surface area contributed by atoms with Crippen LogP contribution in [0.4, 0.5) is 10.2 Å². The Balaban J connectivity index is 0.00000206. The SMILES string of the molecule is C=C(NCC1=CC(F)=CNC1)c1cccc(Oc2ccnc(NC3=CC=CC3)c2)c1C.CC.CC.[HH].[HH]. The molecule has 0 amide bonds. The lowest BCUT2D eigenvalue weighted by Crippen LogP contribution is -2.23. The minimum atomic E-state index is -0.271. The van der Waals surface area contributed by atoms with E-state index in [0.717, 1.165) is 46.1 Å². The maximum Gasteiger partial charge on any atom is 0.138 e. The average molecular weight is 481 g/mol. The van der Waals surface area contributed by atoms with Crippen molar-refractivity contribution in [3.63, 3.8) is 0 Å². The zero-order valence-corrected chi connectivity index (χ0v) is 21.4. The number of aromatic nitrogens is 1. The number of dihydropyridines is 1. The Morgan fingerprint density at radius 3 is 2.74 bits per heavy atom. The number of hydrogen-bond donors (Lipinski definition) is 3. The second-order valence-electron chi connectivity index (χ2n) is 7.40. The molecular weight excluding hydrogens is 439 g/mol. The molecule has 0 saturated heterocycles. The van der Waals surface area contributed by atoms with Crippen molar-refractivity contribution in [1.82, 2.24) is 15.6 Å². The highest BCUT2D eigenvalue weighted by molar-refractivity contribution is 5.67. The first kappa shape index (κ1) is 27.4. The molecule has 5 nitrogen and oxygen atoms in total. The maximum absolute atomic E-state index is 13.4. The normalized spacial score (nSPS) is 13.5. The number of allylic oxidation sites excluding steroid dienone is 5. The van der Waals surface area contributed by atoms with E-state index in [2.05, 4.69) is 33.6 Å². The molecule has 0 fully saturated rings.